The second kappa shape index (κ2) is 6.88. The van der Waals surface area contributed by atoms with Gasteiger partial charge in [-0.1, -0.05) is 20.8 Å². The molecule has 0 aromatic carbocycles. The highest BCUT2D eigenvalue weighted by Crippen LogP contribution is 2.68. The molecule has 4 aliphatic carbocycles. The van der Waals surface area contributed by atoms with Gasteiger partial charge in [-0.15, -0.1) is 0 Å². The summed E-state index contributed by atoms with van der Waals surface area (Å²) >= 11 is 0. The third kappa shape index (κ3) is 3.08. The van der Waals surface area contributed by atoms with E-state index < -0.39 is 5.97 Å². The molecule has 0 aliphatic heterocycles. The molecule has 3 nitrogen and oxygen atoms in total. The third-order valence-electron chi connectivity index (χ3n) is 10.1. The minimum Gasteiger partial charge on any atom is -0.481 e. The lowest BCUT2D eigenvalue weighted by Crippen LogP contribution is -2.53. The number of ketones is 1. The van der Waals surface area contributed by atoms with Crippen molar-refractivity contribution >= 4 is 11.8 Å². The van der Waals surface area contributed by atoms with E-state index in [2.05, 4.69) is 20.8 Å². The van der Waals surface area contributed by atoms with E-state index in [1.165, 1.54) is 38.5 Å². The van der Waals surface area contributed by atoms with E-state index in [4.69, 9.17) is 5.11 Å². The Morgan fingerprint density at radius 1 is 1.07 bits per heavy atom. The van der Waals surface area contributed by atoms with Gasteiger partial charge in [-0.05, 0) is 97.7 Å². The number of carbonyl (C=O) groups is 2. The number of rotatable bonds is 4. The Kier molecular flexibility index (Phi) is 4.96. The number of fused-ring (bicyclic) bond motifs is 5. The Bertz CT molecular complexity index is 613. The van der Waals surface area contributed by atoms with Crippen molar-refractivity contribution in [3.63, 3.8) is 0 Å². The van der Waals surface area contributed by atoms with Gasteiger partial charge in [0.25, 0.3) is 0 Å². The van der Waals surface area contributed by atoms with Crippen LogP contribution in [0.15, 0.2) is 0 Å². The summed E-state index contributed by atoms with van der Waals surface area (Å²) in [6, 6.07) is 0. The summed E-state index contributed by atoms with van der Waals surface area (Å²) in [6.07, 6.45) is 11.8. The van der Waals surface area contributed by atoms with Crippen LogP contribution in [0.1, 0.15) is 91.4 Å². The van der Waals surface area contributed by atoms with E-state index in [0.717, 1.165) is 43.4 Å². The van der Waals surface area contributed by atoms with Gasteiger partial charge in [-0.25, -0.2) is 0 Å². The van der Waals surface area contributed by atoms with Crippen LogP contribution in [0.2, 0.25) is 0 Å². The summed E-state index contributed by atoms with van der Waals surface area (Å²) in [6.45, 7) is 7.37. The van der Waals surface area contributed by atoms with Crippen molar-refractivity contribution in [2.24, 2.45) is 46.3 Å². The summed E-state index contributed by atoms with van der Waals surface area (Å²) in [4.78, 5) is 23.1. The Labute approximate surface area is 164 Å². The first-order chi connectivity index (χ1) is 12.8. The fraction of sp³-hybridized carbons (Fsp3) is 0.917. The zero-order chi connectivity index (χ0) is 19.4. The van der Waals surface area contributed by atoms with E-state index in [-0.39, 0.29) is 0 Å². The molecule has 0 spiro atoms. The Hall–Kier alpha value is -0.860. The zero-order valence-electron chi connectivity index (χ0n) is 17.5. The van der Waals surface area contributed by atoms with E-state index in [0.29, 0.717) is 40.8 Å². The smallest absolute Gasteiger partial charge is 0.303 e. The summed E-state index contributed by atoms with van der Waals surface area (Å²) < 4.78 is 0. The summed E-state index contributed by atoms with van der Waals surface area (Å²) in [5.41, 5.74) is 0.804. The number of Topliss-reactive ketones (excluding diaryl/α,β-unsaturated/α-hetero) is 1. The SMILES string of the molecule is C[C@@H](CCC(=O)O)[C@H]1CC[C@H]2[C@H]3CC[C@@H]4CC(=O)CC[C@]4(C)[C@H]3CC[C@]12C. The second-order valence-corrected chi connectivity index (χ2v) is 11.0. The van der Waals surface area contributed by atoms with Crippen molar-refractivity contribution in [1.29, 1.82) is 0 Å². The number of carboxylic acids is 1. The van der Waals surface area contributed by atoms with Crippen LogP contribution in [0.4, 0.5) is 0 Å². The van der Waals surface area contributed by atoms with Crippen LogP contribution in [0.5, 0.6) is 0 Å². The second-order valence-electron chi connectivity index (χ2n) is 11.0. The molecule has 0 bridgehead atoms. The predicted molar refractivity (Wildman–Crippen MR) is 106 cm³/mol. The highest BCUT2D eigenvalue weighted by Gasteiger charge is 2.60. The average molecular weight is 375 g/mol. The number of hydrogen-bond acceptors (Lipinski definition) is 2. The van der Waals surface area contributed by atoms with Gasteiger partial charge in [0.2, 0.25) is 0 Å². The van der Waals surface area contributed by atoms with Gasteiger partial charge in [0, 0.05) is 19.3 Å². The number of aliphatic carboxylic acids is 1. The van der Waals surface area contributed by atoms with Gasteiger partial charge in [0.15, 0.2) is 0 Å². The van der Waals surface area contributed by atoms with Crippen LogP contribution in [-0.4, -0.2) is 16.9 Å². The zero-order valence-corrected chi connectivity index (χ0v) is 17.5. The minimum absolute atomic E-state index is 0.318. The van der Waals surface area contributed by atoms with Crippen molar-refractivity contribution in [3.05, 3.63) is 0 Å². The number of carboxylic acid groups (broad SMARTS) is 1. The van der Waals surface area contributed by atoms with Crippen molar-refractivity contribution in [1.82, 2.24) is 0 Å². The average Bonchev–Trinajstić information content (AvgIpc) is 2.97. The number of carbonyl (C=O) groups excluding carboxylic acids is 1. The first-order valence-corrected chi connectivity index (χ1v) is 11.5. The molecule has 152 valence electrons. The Morgan fingerprint density at radius 3 is 2.56 bits per heavy atom. The van der Waals surface area contributed by atoms with Gasteiger partial charge in [-0.2, -0.15) is 0 Å². The van der Waals surface area contributed by atoms with Crippen molar-refractivity contribution in [3.8, 4) is 0 Å². The van der Waals surface area contributed by atoms with Crippen LogP contribution in [-0.2, 0) is 9.59 Å². The maximum atomic E-state index is 12.0. The van der Waals surface area contributed by atoms with Gasteiger partial charge >= 0.3 is 5.97 Å². The summed E-state index contributed by atoms with van der Waals surface area (Å²) in [5.74, 6) is 4.19. The highest BCUT2D eigenvalue weighted by molar-refractivity contribution is 5.79. The molecule has 27 heavy (non-hydrogen) atoms. The van der Waals surface area contributed by atoms with Crippen molar-refractivity contribution in [2.45, 2.75) is 91.4 Å². The molecule has 4 fully saturated rings. The fourth-order valence-electron chi connectivity index (χ4n) is 8.57. The van der Waals surface area contributed by atoms with Gasteiger partial charge in [0.1, 0.15) is 5.78 Å². The van der Waals surface area contributed by atoms with E-state index >= 15 is 0 Å². The van der Waals surface area contributed by atoms with Crippen LogP contribution < -0.4 is 0 Å². The molecule has 3 heteroatoms. The quantitative estimate of drug-likeness (QED) is 0.685. The molecule has 4 rings (SSSR count). The van der Waals surface area contributed by atoms with Crippen LogP contribution in [0.3, 0.4) is 0 Å². The lowest BCUT2D eigenvalue weighted by atomic mass is 9.44. The number of hydrogen-bond donors (Lipinski definition) is 1. The van der Waals surface area contributed by atoms with Crippen LogP contribution in [0, 0.1) is 46.3 Å². The highest BCUT2D eigenvalue weighted by atomic mass is 16.4. The third-order valence-corrected chi connectivity index (χ3v) is 10.1. The molecule has 4 saturated carbocycles. The minimum atomic E-state index is -0.650. The van der Waals surface area contributed by atoms with Gasteiger partial charge in [0.05, 0.1) is 0 Å². The normalized spacial score (nSPS) is 47.7. The molecule has 8 atom stereocenters. The first kappa shape index (κ1) is 19.5. The molecule has 0 unspecified atom stereocenters. The van der Waals surface area contributed by atoms with E-state index in [1.807, 2.05) is 0 Å². The Balaban J connectivity index is 1.52. The first-order valence-electron chi connectivity index (χ1n) is 11.5. The molecule has 0 amide bonds. The topological polar surface area (TPSA) is 54.4 Å². The maximum Gasteiger partial charge on any atom is 0.303 e. The van der Waals surface area contributed by atoms with E-state index in [9.17, 15) is 9.59 Å². The molecule has 0 aromatic rings. The molecular formula is C24H38O3. The largest absolute Gasteiger partial charge is 0.481 e. The summed E-state index contributed by atoms with van der Waals surface area (Å²) in [7, 11) is 0. The predicted octanol–water partition coefficient (Wildman–Crippen LogP) is 5.72. The molecule has 4 aliphatic rings. The standard InChI is InChI=1S/C24H38O3/c1-15(4-9-22(26)27)19-7-8-20-18-6-5-16-14-17(25)10-12-23(16,2)21(18)11-13-24(19,20)3/h15-16,18-21H,4-14H2,1-3H3,(H,26,27)/t15-,16+,18+,19+,20-,21-,23-,24+/m0/s1. The molecule has 0 saturated heterocycles. The van der Waals surface area contributed by atoms with Crippen LogP contribution in [0.25, 0.3) is 0 Å². The van der Waals surface area contributed by atoms with Gasteiger partial charge in [-0.3, -0.25) is 9.59 Å². The molecule has 0 heterocycles. The van der Waals surface area contributed by atoms with Crippen LogP contribution >= 0.6 is 0 Å². The monoisotopic (exact) mass is 374 g/mol. The van der Waals surface area contributed by atoms with Crippen molar-refractivity contribution < 1.29 is 14.7 Å². The Morgan fingerprint density at radius 2 is 1.81 bits per heavy atom. The molecule has 1 N–H and O–H groups in total. The molecular weight excluding hydrogens is 336 g/mol. The lowest BCUT2D eigenvalue weighted by molar-refractivity contribution is -0.140. The fourth-order valence-corrected chi connectivity index (χ4v) is 8.57. The lowest BCUT2D eigenvalue weighted by Gasteiger charge is -2.60. The van der Waals surface area contributed by atoms with Gasteiger partial charge < -0.3 is 5.11 Å². The molecule has 0 radical (unpaired) electrons. The summed E-state index contributed by atoms with van der Waals surface area (Å²) in [5, 5.41) is 9.09. The van der Waals surface area contributed by atoms with Crippen molar-refractivity contribution in [2.75, 3.05) is 0 Å². The van der Waals surface area contributed by atoms with E-state index in [1.54, 1.807) is 0 Å². The maximum absolute atomic E-state index is 12.0. The molecule has 0 aromatic heterocycles.